The number of aliphatic carboxylic acids is 1. The van der Waals surface area contributed by atoms with E-state index in [0.29, 0.717) is 12.3 Å². The molecule has 0 aliphatic carbocycles. The molecule has 0 aromatic rings. The number of hydrogen-bond donors (Lipinski definition) is 3. The van der Waals surface area contributed by atoms with Crippen LogP contribution in [-0.2, 0) is 4.79 Å². The van der Waals surface area contributed by atoms with E-state index < -0.39 is 11.4 Å². The molecule has 3 N–H and O–H groups in total. The smallest absolute Gasteiger partial charge is 0.314 e. The van der Waals surface area contributed by atoms with Gasteiger partial charge in [0, 0.05) is 18.8 Å². The Kier molecular flexibility index (Phi) is 7.22. The van der Waals surface area contributed by atoms with Gasteiger partial charge in [-0.3, -0.25) is 4.79 Å². The van der Waals surface area contributed by atoms with Gasteiger partial charge in [-0.1, -0.05) is 5.92 Å². The van der Waals surface area contributed by atoms with Crippen molar-refractivity contribution in [2.24, 2.45) is 5.41 Å². The molecule has 0 fully saturated rings. The molecule has 5 nitrogen and oxygen atoms in total. The molecule has 2 amide bonds. The number of terminal acetylenes is 1. The van der Waals surface area contributed by atoms with Gasteiger partial charge >= 0.3 is 12.0 Å². The molecule has 0 radical (unpaired) electrons. The van der Waals surface area contributed by atoms with Crippen LogP contribution in [0, 0.1) is 17.8 Å². The normalized spacial score (nSPS) is 10.4. The van der Waals surface area contributed by atoms with Gasteiger partial charge in [0.1, 0.15) is 0 Å². The van der Waals surface area contributed by atoms with E-state index >= 15 is 0 Å². The van der Waals surface area contributed by atoms with E-state index in [-0.39, 0.29) is 12.6 Å². The average molecular weight is 258 g/mol. The van der Waals surface area contributed by atoms with Crippen molar-refractivity contribution in [3.05, 3.63) is 0 Å². The Morgan fingerprint density at radius 2 is 2.06 bits per heavy atom. The summed E-state index contributed by atoms with van der Waals surface area (Å²) >= 11 is 1.55. The first kappa shape index (κ1) is 15.7. The average Bonchev–Trinajstić information content (AvgIpc) is 2.26. The van der Waals surface area contributed by atoms with Crippen LogP contribution < -0.4 is 10.6 Å². The lowest BCUT2D eigenvalue weighted by Gasteiger charge is -2.19. The topological polar surface area (TPSA) is 78.4 Å². The van der Waals surface area contributed by atoms with Gasteiger partial charge in [-0.15, -0.1) is 18.2 Å². The molecule has 6 heteroatoms. The number of thioether (sulfide) groups is 1. The van der Waals surface area contributed by atoms with Crippen LogP contribution >= 0.6 is 11.8 Å². The van der Waals surface area contributed by atoms with Crippen molar-refractivity contribution in [3.8, 4) is 12.3 Å². The fraction of sp³-hybridized carbons (Fsp3) is 0.636. The van der Waals surface area contributed by atoms with Crippen molar-refractivity contribution in [2.75, 3.05) is 24.6 Å². The molecule has 0 atom stereocenters. The Morgan fingerprint density at radius 1 is 1.41 bits per heavy atom. The predicted octanol–water partition coefficient (Wildman–Crippen LogP) is 0.763. The number of carboxylic acids is 1. The summed E-state index contributed by atoms with van der Waals surface area (Å²) in [6.07, 6.45) is 5.07. The van der Waals surface area contributed by atoms with Crippen LogP contribution in [0.5, 0.6) is 0 Å². The van der Waals surface area contributed by atoms with E-state index in [0.717, 1.165) is 5.75 Å². The number of carboxylic acid groups (broad SMARTS) is 1. The minimum atomic E-state index is -0.963. The summed E-state index contributed by atoms with van der Waals surface area (Å²) in [5, 5.41) is 14.0. The fourth-order valence-corrected chi connectivity index (χ4v) is 1.32. The summed E-state index contributed by atoms with van der Waals surface area (Å²) in [6.45, 7) is 3.70. The van der Waals surface area contributed by atoms with Crippen LogP contribution in [0.4, 0.5) is 4.79 Å². The van der Waals surface area contributed by atoms with Crippen molar-refractivity contribution in [1.82, 2.24) is 10.6 Å². The second-order valence-electron chi connectivity index (χ2n) is 4.06. The Morgan fingerprint density at radius 3 is 2.59 bits per heavy atom. The van der Waals surface area contributed by atoms with Crippen molar-refractivity contribution in [3.63, 3.8) is 0 Å². The van der Waals surface area contributed by atoms with Crippen LogP contribution in [0.25, 0.3) is 0 Å². The zero-order valence-corrected chi connectivity index (χ0v) is 10.9. The Hall–Kier alpha value is -1.35. The Bertz CT molecular complexity index is 310. The highest BCUT2D eigenvalue weighted by Crippen LogP contribution is 2.12. The van der Waals surface area contributed by atoms with Crippen LogP contribution in [-0.4, -0.2) is 41.7 Å². The summed E-state index contributed by atoms with van der Waals surface area (Å²) in [4.78, 5) is 22.1. The van der Waals surface area contributed by atoms with Crippen molar-refractivity contribution >= 4 is 23.8 Å². The minimum Gasteiger partial charge on any atom is -0.481 e. The van der Waals surface area contributed by atoms with Gasteiger partial charge in [0.05, 0.1) is 11.2 Å². The summed E-state index contributed by atoms with van der Waals surface area (Å²) in [5.74, 6) is 2.90. The van der Waals surface area contributed by atoms with Gasteiger partial charge in [-0.05, 0) is 13.8 Å². The van der Waals surface area contributed by atoms with E-state index in [1.807, 2.05) is 0 Å². The van der Waals surface area contributed by atoms with Gasteiger partial charge in [0.15, 0.2) is 0 Å². The second kappa shape index (κ2) is 7.85. The summed E-state index contributed by atoms with van der Waals surface area (Å²) in [5.41, 5.74) is -0.963. The first-order valence-corrected chi connectivity index (χ1v) is 6.32. The lowest BCUT2D eigenvalue weighted by molar-refractivity contribution is -0.146. The maximum absolute atomic E-state index is 11.3. The lowest BCUT2D eigenvalue weighted by atomic mass is 9.94. The number of carbonyl (C=O) groups is 2. The number of urea groups is 1. The quantitative estimate of drug-likeness (QED) is 0.465. The molecule has 0 unspecified atom stereocenters. The van der Waals surface area contributed by atoms with Crippen LogP contribution in [0.2, 0.25) is 0 Å². The van der Waals surface area contributed by atoms with E-state index in [4.69, 9.17) is 11.5 Å². The van der Waals surface area contributed by atoms with Crippen molar-refractivity contribution in [2.45, 2.75) is 13.8 Å². The van der Waals surface area contributed by atoms with Crippen LogP contribution in [0.1, 0.15) is 13.8 Å². The van der Waals surface area contributed by atoms with Crippen molar-refractivity contribution < 1.29 is 14.7 Å². The van der Waals surface area contributed by atoms with Gasteiger partial charge in [-0.25, -0.2) is 4.79 Å². The SMILES string of the molecule is C#CCSCCNC(=O)NCC(C)(C)C(=O)O. The number of carbonyl (C=O) groups excluding carboxylic acids is 1. The van der Waals surface area contributed by atoms with Crippen molar-refractivity contribution in [1.29, 1.82) is 0 Å². The molecule has 0 heterocycles. The Balaban J connectivity index is 3.67. The van der Waals surface area contributed by atoms with Gasteiger partial charge in [-0.2, -0.15) is 0 Å². The lowest BCUT2D eigenvalue weighted by Crippen LogP contribution is -2.44. The third-order valence-electron chi connectivity index (χ3n) is 1.99. The third-order valence-corrected chi connectivity index (χ3v) is 2.85. The molecule has 0 rings (SSSR count). The molecule has 0 aromatic heterocycles. The van der Waals surface area contributed by atoms with Gasteiger partial charge in [0.2, 0.25) is 0 Å². The van der Waals surface area contributed by atoms with Crippen LogP contribution in [0.15, 0.2) is 0 Å². The largest absolute Gasteiger partial charge is 0.481 e. The molecular weight excluding hydrogens is 240 g/mol. The minimum absolute atomic E-state index is 0.0890. The molecule has 0 spiro atoms. The molecule has 0 saturated heterocycles. The van der Waals surface area contributed by atoms with Crippen LogP contribution in [0.3, 0.4) is 0 Å². The molecule has 0 aliphatic rings. The molecular formula is C11H18N2O3S. The maximum Gasteiger partial charge on any atom is 0.314 e. The summed E-state index contributed by atoms with van der Waals surface area (Å²) < 4.78 is 0. The monoisotopic (exact) mass is 258 g/mol. The molecule has 0 saturated carbocycles. The highest BCUT2D eigenvalue weighted by molar-refractivity contribution is 7.99. The molecule has 17 heavy (non-hydrogen) atoms. The predicted molar refractivity (Wildman–Crippen MR) is 69.0 cm³/mol. The van der Waals surface area contributed by atoms with E-state index in [1.54, 1.807) is 25.6 Å². The van der Waals surface area contributed by atoms with E-state index in [1.165, 1.54) is 0 Å². The second-order valence-corrected chi connectivity index (χ2v) is 5.16. The highest BCUT2D eigenvalue weighted by Gasteiger charge is 2.27. The molecule has 0 aromatic carbocycles. The fourth-order valence-electron chi connectivity index (χ4n) is 0.807. The number of amides is 2. The highest BCUT2D eigenvalue weighted by atomic mass is 32.2. The van der Waals surface area contributed by atoms with Gasteiger partial charge < -0.3 is 15.7 Å². The van der Waals surface area contributed by atoms with Gasteiger partial charge in [0.25, 0.3) is 0 Å². The Labute approximate surface area is 106 Å². The summed E-state index contributed by atoms with van der Waals surface area (Å²) in [6, 6.07) is -0.361. The van der Waals surface area contributed by atoms with E-state index in [9.17, 15) is 9.59 Å². The maximum atomic E-state index is 11.3. The first-order chi connectivity index (χ1) is 7.90. The third kappa shape index (κ3) is 7.53. The molecule has 0 aliphatic heterocycles. The zero-order chi connectivity index (χ0) is 13.3. The zero-order valence-electron chi connectivity index (χ0n) is 10.1. The molecule has 0 bridgehead atoms. The summed E-state index contributed by atoms with van der Waals surface area (Å²) in [7, 11) is 0. The number of nitrogens with one attached hydrogen (secondary N) is 2. The number of hydrogen-bond acceptors (Lipinski definition) is 3. The first-order valence-electron chi connectivity index (χ1n) is 5.16. The standard InChI is InChI=1S/C11H18N2O3S/c1-4-6-17-7-5-12-10(16)13-8-11(2,3)9(14)15/h1H,5-8H2,2-3H3,(H,14,15)(H2,12,13,16). The number of rotatable bonds is 7. The van der Waals surface area contributed by atoms with E-state index in [2.05, 4.69) is 16.6 Å². The molecule has 96 valence electrons.